The molecule has 3 heterocycles. The highest BCUT2D eigenvalue weighted by Crippen LogP contribution is 2.45. The van der Waals surface area contributed by atoms with Crippen LogP contribution in [0.25, 0.3) is 16.0 Å². The van der Waals surface area contributed by atoms with E-state index in [4.69, 9.17) is 19.2 Å². The lowest BCUT2D eigenvalue weighted by Gasteiger charge is -2.23. The van der Waals surface area contributed by atoms with Crippen LogP contribution in [0.15, 0.2) is 66.2 Å². The third kappa shape index (κ3) is 5.57. The number of carbonyl (C=O) groups is 2. The Kier molecular flexibility index (Phi) is 8.08. The number of carbonyl (C=O) groups excluding carboxylic acids is 2. The number of aliphatic hydroxyl groups excluding tert-OH is 1. The fourth-order valence-corrected chi connectivity index (χ4v) is 6.66. The van der Waals surface area contributed by atoms with E-state index in [1.807, 2.05) is 62.4 Å². The topological polar surface area (TPSA) is 98.2 Å². The molecule has 3 aromatic carbocycles. The summed E-state index contributed by atoms with van der Waals surface area (Å²) in [5.41, 5.74) is 2.73. The van der Waals surface area contributed by atoms with Crippen LogP contribution in [0.3, 0.4) is 0 Å². The van der Waals surface area contributed by atoms with Crippen molar-refractivity contribution in [3.8, 4) is 17.2 Å². The summed E-state index contributed by atoms with van der Waals surface area (Å²) >= 11 is 1.30. The number of anilines is 1. The van der Waals surface area contributed by atoms with E-state index in [9.17, 15) is 14.7 Å². The van der Waals surface area contributed by atoms with Crippen molar-refractivity contribution < 1.29 is 28.9 Å². The first kappa shape index (κ1) is 28.7. The monoisotopic (exact) mass is 598 g/mol. The van der Waals surface area contributed by atoms with E-state index in [0.717, 1.165) is 35.3 Å². The minimum Gasteiger partial charge on any atom is -0.507 e. The van der Waals surface area contributed by atoms with Gasteiger partial charge in [-0.1, -0.05) is 43.2 Å². The number of ketones is 1. The van der Waals surface area contributed by atoms with Gasteiger partial charge < -0.3 is 19.3 Å². The minimum absolute atomic E-state index is 0.00862. The molecule has 2 aliphatic rings. The normalized spacial score (nSPS) is 19.1. The first-order valence-electron chi connectivity index (χ1n) is 14.7. The van der Waals surface area contributed by atoms with E-state index in [-0.39, 0.29) is 17.4 Å². The molecule has 6 rings (SSSR count). The Morgan fingerprint density at radius 1 is 1.05 bits per heavy atom. The first-order chi connectivity index (χ1) is 20.9. The zero-order valence-corrected chi connectivity index (χ0v) is 25.3. The van der Waals surface area contributed by atoms with Gasteiger partial charge in [0.15, 0.2) is 5.13 Å². The largest absolute Gasteiger partial charge is 0.507 e. The van der Waals surface area contributed by atoms with Gasteiger partial charge in [0, 0.05) is 12.0 Å². The number of benzene rings is 3. The van der Waals surface area contributed by atoms with E-state index in [1.165, 1.54) is 16.2 Å². The molecule has 1 fully saturated rings. The van der Waals surface area contributed by atoms with Crippen LogP contribution in [-0.4, -0.2) is 41.1 Å². The van der Waals surface area contributed by atoms with Gasteiger partial charge in [0.1, 0.15) is 29.1 Å². The van der Waals surface area contributed by atoms with Gasteiger partial charge in [0.05, 0.1) is 35.0 Å². The van der Waals surface area contributed by atoms with Crippen LogP contribution in [0.2, 0.25) is 0 Å². The van der Waals surface area contributed by atoms with Gasteiger partial charge in [-0.3, -0.25) is 14.5 Å². The van der Waals surface area contributed by atoms with Crippen molar-refractivity contribution in [1.29, 1.82) is 0 Å². The number of Topliss-reactive ketones (excluding diaryl/α,β-unsaturated/α-hetero) is 1. The number of nitrogens with zero attached hydrogens (tertiary/aromatic N) is 2. The third-order valence-electron chi connectivity index (χ3n) is 7.67. The first-order valence-corrected chi connectivity index (χ1v) is 15.6. The molecule has 2 unspecified atom stereocenters. The molecule has 0 radical (unpaired) electrons. The van der Waals surface area contributed by atoms with Crippen LogP contribution in [0.4, 0.5) is 5.13 Å². The van der Waals surface area contributed by atoms with Gasteiger partial charge in [0.25, 0.3) is 5.78 Å². The molecular formula is C34H34N2O6S. The molecule has 222 valence electrons. The summed E-state index contributed by atoms with van der Waals surface area (Å²) in [6.45, 7) is 7.12. The van der Waals surface area contributed by atoms with Crippen LogP contribution in [-0.2, 0) is 16.0 Å². The summed E-state index contributed by atoms with van der Waals surface area (Å²) in [5, 5.41) is 12.0. The molecule has 0 aliphatic carbocycles. The number of hydrogen-bond acceptors (Lipinski definition) is 8. The maximum atomic E-state index is 13.8. The second-order valence-electron chi connectivity index (χ2n) is 10.8. The maximum absolute atomic E-state index is 13.8. The van der Waals surface area contributed by atoms with Crippen molar-refractivity contribution in [3.63, 3.8) is 0 Å². The highest BCUT2D eigenvalue weighted by atomic mass is 32.1. The van der Waals surface area contributed by atoms with Gasteiger partial charge in [0.2, 0.25) is 0 Å². The second kappa shape index (κ2) is 12.1. The fourth-order valence-electron chi connectivity index (χ4n) is 5.64. The molecular weight excluding hydrogens is 564 g/mol. The van der Waals surface area contributed by atoms with Gasteiger partial charge >= 0.3 is 5.91 Å². The van der Waals surface area contributed by atoms with Crippen LogP contribution in [0.5, 0.6) is 17.2 Å². The standard InChI is InChI=1S/C34H34N2O6S/c1-4-6-7-15-41-24-10-8-9-21(18-24)30-29(31(37)22-11-14-27-23(17-22)16-20(3)42-27)32(38)33(39)36(30)34-35-26-13-12-25(40-5-2)19-28(26)43-34/h8-14,17-20,30,37H,4-7,15-16H2,1-3H3/b31-29+. The number of hydrogen-bond donors (Lipinski definition) is 1. The van der Waals surface area contributed by atoms with Gasteiger partial charge in [-0.15, -0.1) is 0 Å². The predicted molar refractivity (Wildman–Crippen MR) is 167 cm³/mol. The molecule has 1 saturated heterocycles. The zero-order chi connectivity index (χ0) is 30.1. The number of unbranched alkanes of at least 4 members (excludes halogenated alkanes) is 2. The van der Waals surface area contributed by atoms with E-state index in [0.29, 0.717) is 52.9 Å². The van der Waals surface area contributed by atoms with E-state index in [1.54, 1.807) is 12.1 Å². The van der Waals surface area contributed by atoms with Gasteiger partial charge in [-0.2, -0.15) is 0 Å². The second-order valence-corrected chi connectivity index (χ2v) is 11.8. The SMILES string of the molecule is CCCCCOc1cccc(C2/C(=C(\O)c3ccc4c(c3)CC(C)O4)C(=O)C(=O)N2c2nc3ccc(OCC)cc3s2)c1. The minimum atomic E-state index is -0.908. The van der Waals surface area contributed by atoms with Crippen molar-refractivity contribution in [2.45, 2.75) is 58.6 Å². The van der Waals surface area contributed by atoms with Crippen LogP contribution in [0, 0.1) is 0 Å². The molecule has 4 aromatic rings. The molecule has 2 atom stereocenters. The van der Waals surface area contributed by atoms with Crippen molar-refractivity contribution in [2.24, 2.45) is 0 Å². The summed E-state index contributed by atoms with van der Waals surface area (Å²) in [7, 11) is 0. The molecule has 9 heteroatoms. The lowest BCUT2D eigenvalue weighted by Crippen LogP contribution is -2.29. The average Bonchev–Trinajstić information content (AvgIpc) is 3.67. The summed E-state index contributed by atoms with van der Waals surface area (Å²) in [4.78, 5) is 33.6. The van der Waals surface area contributed by atoms with Crippen LogP contribution < -0.4 is 19.1 Å². The number of aliphatic hydroxyl groups is 1. The Morgan fingerprint density at radius 2 is 1.88 bits per heavy atom. The molecule has 2 aliphatic heterocycles. The summed E-state index contributed by atoms with van der Waals surface area (Å²) in [6, 6.07) is 17.4. The van der Waals surface area contributed by atoms with Gasteiger partial charge in [-0.05, 0) is 79.9 Å². The summed E-state index contributed by atoms with van der Waals surface area (Å²) in [5.74, 6) is 0.344. The molecule has 1 N–H and O–H groups in total. The molecule has 1 amide bonds. The summed E-state index contributed by atoms with van der Waals surface area (Å²) in [6.07, 6.45) is 3.80. The lowest BCUT2D eigenvalue weighted by molar-refractivity contribution is -0.132. The molecule has 1 aromatic heterocycles. The smallest absolute Gasteiger partial charge is 0.301 e. The highest BCUT2D eigenvalue weighted by Gasteiger charge is 2.48. The fraction of sp³-hybridized carbons (Fsp3) is 0.324. The quantitative estimate of drug-likeness (QED) is 0.0891. The number of rotatable bonds is 10. The average molecular weight is 599 g/mol. The van der Waals surface area contributed by atoms with Crippen molar-refractivity contribution >= 4 is 44.1 Å². The maximum Gasteiger partial charge on any atom is 0.301 e. The van der Waals surface area contributed by atoms with Crippen molar-refractivity contribution in [1.82, 2.24) is 4.98 Å². The van der Waals surface area contributed by atoms with E-state index < -0.39 is 17.7 Å². The van der Waals surface area contributed by atoms with Gasteiger partial charge in [-0.25, -0.2) is 4.98 Å². The number of ether oxygens (including phenoxy) is 3. The molecule has 0 spiro atoms. The molecule has 8 nitrogen and oxygen atoms in total. The Balaban J connectivity index is 1.46. The van der Waals surface area contributed by atoms with Crippen LogP contribution in [0.1, 0.15) is 62.8 Å². The Morgan fingerprint density at radius 3 is 2.70 bits per heavy atom. The number of aromatic nitrogens is 1. The number of amides is 1. The Bertz CT molecular complexity index is 1730. The van der Waals surface area contributed by atoms with Crippen molar-refractivity contribution in [3.05, 3.63) is 82.9 Å². The Labute approximate surface area is 254 Å². The van der Waals surface area contributed by atoms with E-state index >= 15 is 0 Å². The summed E-state index contributed by atoms with van der Waals surface area (Å²) < 4.78 is 18.3. The Hall–Kier alpha value is -4.37. The van der Waals surface area contributed by atoms with Crippen molar-refractivity contribution in [2.75, 3.05) is 18.1 Å². The molecule has 0 saturated carbocycles. The third-order valence-corrected chi connectivity index (χ3v) is 8.69. The number of fused-ring (bicyclic) bond motifs is 2. The molecule has 0 bridgehead atoms. The highest BCUT2D eigenvalue weighted by molar-refractivity contribution is 7.22. The predicted octanol–water partition coefficient (Wildman–Crippen LogP) is 7.21. The lowest BCUT2D eigenvalue weighted by atomic mass is 9.94. The van der Waals surface area contributed by atoms with E-state index in [2.05, 4.69) is 6.92 Å². The number of thiazole rings is 1. The zero-order valence-electron chi connectivity index (χ0n) is 24.5. The molecule has 43 heavy (non-hydrogen) atoms. The van der Waals surface area contributed by atoms with Crippen LogP contribution >= 0.6 is 11.3 Å².